The third kappa shape index (κ3) is 6.46. The summed E-state index contributed by atoms with van der Waals surface area (Å²) in [6.45, 7) is 1.52. The molecule has 2 N–H and O–H groups in total. The van der Waals surface area contributed by atoms with Crippen molar-refractivity contribution in [1.82, 2.24) is 10.6 Å². The molecule has 166 valence electrons. The molecule has 3 aromatic carbocycles. The van der Waals surface area contributed by atoms with Gasteiger partial charge in [-0.1, -0.05) is 48.5 Å². The zero-order valence-corrected chi connectivity index (χ0v) is 18.1. The fourth-order valence-electron chi connectivity index (χ4n) is 3.03. The Morgan fingerprint density at radius 2 is 1.44 bits per heavy atom. The summed E-state index contributed by atoms with van der Waals surface area (Å²) in [4.78, 5) is 15.1. The largest absolute Gasteiger partial charge is 0.493 e. The molecule has 0 radical (unpaired) electrons. The summed E-state index contributed by atoms with van der Waals surface area (Å²) in [7, 11) is 3.20. The number of benzene rings is 3. The highest BCUT2D eigenvalue weighted by Gasteiger charge is 2.07. The molecule has 0 bridgehead atoms. The summed E-state index contributed by atoms with van der Waals surface area (Å²) in [5, 5.41) is 17.5. The molecule has 0 aliphatic rings. The molecule has 0 unspecified atom stereocenters. The van der Waals surface area contributed by atoms with Crippen molar-refractivity contribution in [3.8, 4) is 11.5 Å². The van der Waals surface area contributed by atoms with Crippen LogP contribution in [0.4, 0.5) is 5.69 Å². The summed E-state index contributed by atoms with van der Waals surface area (Å²) in [5.74, 6) is 1.94. The predicted molar refractivity (Wildman–Crippen MR) is 124 cm³/mol. The minimum absolute atomic E-state index is 0.0679. The number of rotatable bonds is 9. The van der Waals surface area contributed by atoms with E-state index in [9.17, 15) is 10.1 Å². The molecular formula is C24H26N4O4. The van der Waals surface area contributed by atoms with E-state index in [2.05, 4.69) is 10.6 Å². The van der Waals surface area contributed by atoms with Crippen molar-refractivity contribution in [3.63, 3.8) is 0 Å². The molecule has 0 amide bonds. The predicted octanol–water partition coefficient (Wildman–Crippen LogP) is 4.05. The number of non-ortho nitro benzene ring substituents is 1. The molecule has 0 spiro atoms. The van der Waals surface area contributed by atoms with E-state index in [0.717, 1.165) is 16.7 Å². The average molecular weight is 434 g/mol. The lowest BCUT2D eigenvalue weighted by molar-refractivity contribution is -0.384. The second kappa shape index (κ2) is 11.4. The molecule has 0 fully saturated rings. The Hall–Kier alpha value is -4.07. The number of hydrogen-bond donors (Lipinski definition) is 2. The van der Waals surface area contributed by atoms with Gasteiger partial charge in [-0.2, -0.15) is 0 Å². The number of nitro groups is 1. The van der Waals surface area contributed by atoms with Gasteiger partial charge in [0.05, 0.1) is 25.7 Å². The lowest BCUT2D eigenvalue weighted by atomic mass is 10.2. The summed E-state index contributed by atoms with van der Waals surface area (Å²) in [6.07, 6.45) is 0. The van der Waals surface area contributed by atoms with E-state index in [1.54, 1.807) is 26.4 Å². The monoisotopic (exact) mass is 434 g/mol. The number of aliphatic imine (C=N–C) groups is 1. The van der Waals surface area contributed by atoms with Crippen molar-refractivity contribution >= 4 is 11.6 Å². The first-order valence-electron chi connectivity index (χ1n) is 10.1. The quantitative estimate of drug-likeness (QED) is 0.228. The Morgan fingerprint density at radius 3 is 2.03 bits per heavy atom. The van der Waals surface area contributed by atoms with Crippen LogP contribution in [0.3, 0.4) is 0 Å². The van der Waals surface area contributed by atoms with Gasteiger partial charge in [0.2, 0.25) is 0 Å². The van der Waals surface area contributed by atoms with Crippen molar-refractivity contribution in [1.29, 1.82) is 0 Å². The molecule has 0 aliphatic carbocycles. The zero-order valence-electron chi connectivity index (χ0n) is 18.1. The lowest BCUT2D eigenvalue weighted by Crippen LogP contribution is -2.36. The highest BCUT2D eigenvalue weighted by molar-refractivity contribution is 5.79. The third-order valence-electron chi connectivity index (χ3n) is 4.78. The SMILES string of the molecule is COc1ccc(CN=C(NCc2ccccc2)NCc2ccc([N+](=O)[O-])cc2)cc1OC. The second-order valence-corrected chi connectivity index (χ2v) is 6.97. The van der Waals surface area contributed by atoms with E-state index in [0.29, 0.717) is 37.1 Å². The Labute approximate surface area is 187 Å². The Balaban J connectivity index is 1.71. The van der Waals surface area contributed by atoms with Crippen LogP contribution in [0, 0.1) is 10.1 Å². The van der Waals surface area contributed by atoms with Crippen molar-refractivity contribution in [2.24, 2.45) is 4.99 Å². The van der Waals surface area contributed by atoms with E-state index < -0.39 is 4.92 Å². The normalized spacial score (nSPS) is 11.0. The first-order valence-corrected chi connectivity index (χ1v) is 10.1. The van der Waals surface area contributed by atoms with Crippen molar-refractivity contribution in [2.75, 3.05) is 14.2 Å². The van der Waals surface area contributed by atoms with Gasteiger partial charge in [0.15, 0.2) is 17.5 Å². The Kier molecular flexibility index (Phi) is 8.02. The van der Waals surface area contributed by atoms with E-state index in [-0.39, 0.29) is 5.69 Å². The number of nitrogens with zero attached hydrogens (tertiary/aromatic N) is 2. The summed E-state index contributed by atoms with van der Waals surface area (Å²) >= 11 is 0. The molecule has 0 saturated carbocycles. The number of nitrogens with one attached hydrogen (secondary N) is 2. The van der Waals surface area contributed by atoms with Gasteiger partial charge in [0.25, 0.3) is 5.69 Å². The molecule has 0 heterocycles. The number of methoxy groups -OCH3 is 2. The van der Waals surface area contributed by atoms with Crippen LogP contribution < -0.4 is 20.1 Å². The topological polar surface area (TPSA) is 98.0 Å². The first-order chi connectivity index (χ1) is 15.6. The first kappa shape index (κ1) is 22.6. The maximum absolute atomic E-state index is 10.8. The highest BCUT2D eigenvalue weighted by atomic mass is 16.6. The van der Waals surface area contributed by atoms with E-state index in [1.807, 2.05) is 48.5 Å². The van der Waals surface area contributed by atoms with Crippen LogP contribution in [0.25, 0.3) is 0 Å². The third-order valence-corrected chi connectivity index (χ3v) is 4.78. The molecule has 8 nitrogen and oxygen atoms in total. The smallest absolute Gasteiger partial charge is 0.269 e. The van der Waals surface area contributed by atoms with E-state index in [4.69, 9.17) is 14.5 Å². The van der Waals surface area contributed by atoms with Crippen LogP contribution in [-0.2, 0) is 19.6 Å². The summed E-state index contributed by atoms with van der Waals surface area (Å²) < 4.78 is 10.7. The number of ether oxygens (including phenoxy) is 2. The van der Waals surface area contributed by atoms with Gasteiger partial charge in [-0.15, -0.1) is 0 Å². The van der Waals surface area contributed by atoms with Crippen molar-refractivity contribution in [3.05, 3.63) is 99.6 Å². The molecule has 32 heavy (non-hydrogen) atoms. The molecule has 3 aromatic rings. The number of hydrogen-bond acceptors (Lipinski definition) is 5. The summed E-state index contributed by atoms with van der Waals surface area (Å²) in [6, 6.07) is 22.2. The Bertz CT molecular complexity index is 1050. The fourth-order valence-corrected chi connectivity index (χ4v) is 3.03. The van der Waals surface area contributed by atoms with Gasteiger partial charge in [0, 0.05) is 25.2 Å². The number of nitro benzene ring substituents is 1. The molecule has 0 aromatic heterocycles. The van der Waals surface area contributed by atoms with Crippen LogP contribution in [0.1, 0.15) is 16.7 Å². The molecule has 3 rings (SSSR count). The molecular weight excluding hydrogens is 408 g/mol. The van der Waals surface area contributed by atoms with Crippen molar-refractivity contribution in [2.45, 2.75) is 19.6 Å². The standard InChI is InChI=1S/C24H26N4O4/c1-31-22-13-10-20(14-23(22)32-2)17-27-24(25-15-18-6-4-3-5-7-18)26-16-19-8-11-21(12-9-19)28(29)30/h3-14H,15-17H2,1-2H3,(H2,25,26,27). The fraction of sp³-hybridized carbons (Fsp3) is 0.208. The molecule has 8 heteroatoms. The van der Waals surface area contributed by atoms with Crippen LogP contribution >= 0.6 is 0 Å². The Morgan fingerprint density at radius 1 is 0.844 bits per heavy atom. The maximum atomic E-state index is 10.8. The van der Waals surface area contributed by atoms with Gasteiger partial charge < -0.3 is 20.1 Å². The van der Waals surface area contributed by atoms with E-state index >= 15 is 0 Å². The lowest BCUT2D eigenvalue weighted by Gasteiger charge is -2.14. The molecule has 0 saturated heterocycles. The van der Waals surface area contributed by atoms with Crippen molar-refractivity contribution < 1.29 is 14.4 Å². The van der Waals surface area contributed by atoms with Gasteiger partial charge in [-0.25, -0.2) is 4.99 Å². The van der Waals surface area contributed by atoms with Crippen LogP contribution in [-0.4, -0.2) is 25.1 Å². The van der Waals surface area contributed by atoms with Gasteiger partial charge >= 0.3 is 0 Å². The van der Waals surface area contributed by atoms with Gasteiger partial charge in [-0.3, -0.25) is 10.1 Å². The minimum Gasteiger partial charge on any atom is -0.493 e. The van der Waals surface area contributed by atoms with Gasteiger partial charge in [0.1, 0.15) is 0 Å². The van der Waals surface area contributed by atoms with Crippen LogP contribution in [0.5, 0.6) is 11.5 Å². The molecule has 0 atom stereocenters. The highest BCUT2D eigenvalue weighted by Crippen LogP contribution is 2.27. The average Bonchev–Trinajstić information content (AvgIpc) is 2.84. The maximum Gasteiger partial charge on any atom is 0.269 e. The second-order valence-electron chi connectivity index (χ2n) is 6.97. The molecule has 0 aliphatic heterocycles. The minimum atomic E-state index is -0.408. The zero-order chi connectivity index (χ0) is 22.8. The van der Waals surface area contributed by atoms with Crippen LogP contribution in [0.2, 0.25) is 0 Å². The number of guanidine groups is 1. The van der Waals surface area contributed by atoms with E-state index in [1.165, 1.54) is 12.1 Å². The van der Waals surface area contributed by atoms with Gasteiger partial charge in [-0.05, 0) is 28.8 Å². The van der Waals surface area contributed by atoms with Crippen LogP contribution in [0.15, 0.2) is 77.8 Å². The summed E-state index contributed by atoms with van der Waals surface area (Å²) in [5.41, 5.74) is 3.08.